The highest BCUT2D eigenvalue weighted by atomic mass is 16.5. The highest BCUT2D eigenvalue weighted by Crippen LogP contribution is 2.24. The number of fused-ring (bicyclic) bond motifs is 1. The molecule has 2 aromatic carbocycles. The molecule has 0 saturated carbocycles. The van der Waals surface area contributed by atoms with Gasteiger partial charge in [-0.2, -0.15) is 0 Å². The van der Waals surface area contributed by atoms with Crippen LogP contribution in [-0.2, 0) is 6.54 Å². The number of nitrogens with zero attached hydrogens (tertiary/aromatic N) is 2. The predicted molar refractivity (Wildman–Crippen MR) is 110 cm³/mol. The number of likely N-dealkylation sites (tertiary alicyclic amines) is 1. The van der Waals surface area contributed by atoms with E-state index in [0.29, 0.717) is 0 Å². The van der Waals surface area contributed by atoms with E-state index in [4.69, 9.17) is 4.74 Å². The van der Waals surface area contributed by atoms with E-state index in [1.54, 1.807) is 7.11 Å². The fraction of sp³-hybridized carbons (Fsp3) is 0.409. The van der Waals surface area contributed by atoms with Crippen molar-refractivity contribution in [3.63, 3.8) is 0 Å². The van der Waals surface area contributed by atoms with Gasteiger partial charge >= 0.3 is 0 Å². The largest absolute Gasteiger partial charge is 0.497 e. The van der Waals surface area contributed by atoms with Gasteiger partial charge in [0.2, 0.25) is 0 Å². The van der Waals surface area contributed by atoms with Crippen LogP contribution in [0.15, 0.2) is 42.5 Å². The van der Waals surface area contributed by atoms with Crippen LogP contribution in [0.5, 0.6) is 5.75 Å². The fourth-order valence-corrected chi connectivity index (χ4v) is 3.69. The van der Waals surface area contributed by atoms with Gasteiger partial charge in [0.1, 0.15) is 11.6 Å². The third-order valence-electron chi connectivity index (χ3n) is 5.30. The number of ether oxygens (including phenoxy) is 1. The van der Waals surface area contributed by atoms with Crippen LogP contribution in [0.4, 0.5) is 0 Å². The van der Waals surface area contributed by atoms with Crippen LogP contribution in [0.1, 0.15) is 24.8 Å². The Kier molecular flexibility index (Phi) is 5.70. The number of rotatable bonds is 7. The topological polar surface area (TPSA) is 53.2 Å². The number of methoxy groups -OCH3 is 1. The van der Waals surface area contributed by atoms with Crippen LogP contribution < -0.4 is 10.1 Å². The molecule has 4 rings (SSSR count). The lowest BCUT2D eigenvalue weighted by molar-refractivity contribution is 0.229. The number of imidazole rings is 1. The molecule has 0 aliphatic carbocycles. The Labute approximate surface area is 160 Å². The molecule has 0 radical (unpaired) electrons. The molecule has 1 saturated heterocycles. The SMILES string of the molecule is COc1ccc2nc(-c3ccc(CNCCN4CCCCC4)cc3)[nH]c2c1. The van der Waals surface area contributed by atoms with Gasteiger partial charge in [0.25, 0.3) is 0 Å². The molecule has 0 atom stereocenters. The highest BCUT2D eigenvalue weighted by molar-refractivity contribution is 5.80. The minimum absolute atomic E-state index is 0.837. The quantitative estimate of drug-likeness (QED) is 0.626. The predicted octanol–water partition coefficient (Wildman–Crippen LogP) is 3.81. The summed E-state index contributed by atoms with van der Waals surface area (Å²) in [7, 11) is 1.68. The van der Waals surface area contributed by atoms with Gasteiger partial charge in [-0.25, -0.2) is 4.98 Å². The van der Waals surface area contributed by atoms with Gasteiger partial charge in [-0.3, -0.25) is 0 Å². The average molecular weight is 364 g/mol. The van der Waals surface area contributed by atoms with Crippen LogP contribution in [0.3, 0.4) is 0 Å². The van der Waals surface area contributed by atoms with Crippen molar-refractivity contribution >= 4 is 11.0 Å². The first-order chi connectivity index (χ1) is 13.3. The number of H-pyrrole nitrogens is 1. The third-order valence-corrected chi connectivity index (χ3v) is 5.30. The lowest BCUT2D eigenvalue weighted by Gasteiger charge is -2.26. The van der Waals surface area contributed by atoms with E-state index in [1.807, 2.05) is 18.2 Å². The molecule has 0 unspecified atom stereocenters. The van der Waals surface area contributed by atoms with Crippen LogP contribution >= 0.6 is 0 Å². The summed E-state index contributed by atoms with van der Waals surface area (Å²) in [6.07, 6.45) is 4.11. The van der Waals surface area contributed by atoms with Crippen molar-refractivity contribution in [3.05, 3.63) is 48.0 Å². The Bertz CT molecular complexity index is 866. The fourth-order valence-electron chi connectivity index (χ4n) is 3.69. The maximum atomic E-state index is 5.28. The normalized spacial score (nSPS) is 15.3. The summed E-state index contributed by atoms with van der Waals surface area (Å²) in [5.74, 6) is 1.73. The molecular formula is C22H28N4O. The van der Waals surface area contributed by atoms with E-state index < -0.39 is 0 Å². The summed E-state index contributed by atoms with van der Waals surface area (Å²) in [5.41, 5.74) is 4.35. The zero-order valence-corrected chi connectivity index (χ0v) is 16.0. The van der Waals surface area contributed by atoms with Crippen molar-refractivity contribution < 1.29 is 4.74 Å². The van der Waals surface area contributed by atoms with Gasteiger partial charge in [0.15, 0.2) is 0 Å². The molecule has 0 amide bonds. The minimum Gasteiger partial charge on any atom is -0.497 e. The maximum absolute atomic E-state index is 5.28. The Hall–Kier alpha value is -2.37. The molecule has 27 heavy (non-hydrogen) atoms. The standard InChI is InChI=1S/C22H28N4O/c1-27-19-9-10-20-21(15-19)25-22(24-20)18-7-5-17(6-8-18)16-23-11-14-26-12-3-2-4-13-26/h5-10,15,23H,2-4,11-14,16H2,1H3,(H,24,25). The van der Waals surface area contributed by atoms with Gasteiger partial charge in [-0.15, -0.1) is 0 Å². The number of aromatic amines is 1. The zero-order valence-electron chi connectivity index (χ0n) is 16.0. The second kappa shape index (κ2) is 8.55. The monoisotopic (exact) mass is 364 g/mol. The Morgan fingerprint density at radius 1 is 1.07 bits per heavy atom. The number of hydrogen-bond acceptors (Lipinski definition) is 4. The Balaban J connectivity index is 1.33. The van der Waals surface area contributed by atoms with Crippen molar-refractivity contribution in [2.45, 2.75) is 25.8 Å². The molecule has 0 bridgehead atoms. The lowest BCUT2D eigenvalue weighted by Crippen LogP contribution is -2.35. The highest BCUT2D eigenvalue weighted by Gasteiger charge is 2.09. The molecule has 2 N–H and O–H groups in total. The van der Waals surface area contributed by atoms with E-state index in [2.05, 4.69) is 44.5 Å². The molecule has 0 spiro atoms. The molecule has 2 heterocycles. The van der Waals surface area contributed by atoms with Crippen LogP contribution in [-0.4, -0.2) is 48.2 Å². The van der Waals surface area contributed by atoms with Crippen LogP contribution in [0.2, 0.25) is 0 Å². The van der Waals surface area contributed by atoms with Crippen molar-refractivity contribution in [3.8, 4) is 17.1 Å². The van der Waals surface area contributed by atoms with Gasteiger partial charge in [0.05, 0.1) is 18.1 Å². The molecule has 142 valence electrons. The van der Waals surface area contributed by atoms with E-state index in [1.165, 1.54) is 37.9 Å². The first-order valence-electron chi connectivity index (χ1n) is 9.88. The number of nitrogens with one attached hydrogen (secondary N) is 2. The first-order valence-corrected chi connectivity index (χ1v) is 9.88. The second-order valence-electron chi connectivity index (χ2n) is 7.24. The van der Waals surface area contributed by atoms with Crippen molar-refractivity contribution in [2.75, 3.05) is 33.3 Å². The van der Waals surface area contributed by atoms with E-state index >= 15 is 0 Å². The third kappa shape index (κ3) is 4.49. The molecule has 1 aromatic heterocycles. The van der Waals surface area contributed by atoms with Gasteiger partial charge in [0, 0.05) is 31.3 Å². The van der Waals surface area contributed by atoms with Crippen molar-refractivity contribution in [1.29, 1.82) is 0 Å². The molecule has 5 heteroatoms. The second-order valence-corrected chi connectivity index (χ2v) is 7.24. The summed E-state index contributed by atoms with van der Waals surface area (Å²) >= 11 is 0. The molecule has 1 fully saturated rings. The van der Waals surface area contributed by atoms with Crippen molar-refractivity contribution in [2.24, 2.45) is 0 Å². The summed E-state index contributed by atoms with van der Waals surface area (Å²) in [5, 5.41) is 3.56. The molecule has 3 aromatic rings. The van der Waals surface area contributed by atoms with Gasteiger partial charge in [-0.05, 0) is 43.6 Å². The van der Waals surface area contributed by atoms with Crippen LogP contribution in [0, 0.1) is 0 Å². The summed E-state index contributed by atoms with van der Waals surface area (Å²) in [4.78, 5) is 10.6. The first kappa shape index (κ1) is 18.0. The number of piperidine rings is 1. The van der Waals surface area contributed by atoms with E-state index in [-0.39, 0.29) is 0 Å². The average Bonchev–Trinajstić information content (AvgIpc) is 3.15. The molecule has 5 nitrogen and oxygen atoms in total. The minimum atomic E-state index is 0.837. The zero-order chi connectivity index (χ0) is 18.5. The summed E-state index contributed by atoms with van der Waals surface area (Å²) in [6.45, 7) is 5.64. The van der Waals surface area contributed by atoms with Crippen LogP contribution in [0.25, 0.3) is 22.4 Å². The number of hydrogen-bond donors (Lipinski definition) is 2. The lowest BCUT2D eigenvalue weighted by atomic mass is 10.1. The summed E-state index contributed by atoms with van der Waals surface area (Å²) < 4.78 is 5.28. The van der Waals surface area contributed by atoms with Gasteiger partial charge in [-0.1, -0.05) is 30.7 Å². The molecular weight excluding hydrogens is 336 g/mol. The maximum Gasteiger partial charge on any atom is 0.138 e. The smallest absolute Gasteiger partial charge is 0.138 e. The Morgan fingerprint density at radius 2 is 1.89 bits per heavy atom. The van der Waals surface area contributed by atoms with E-state index in [0.717, 1.165) is 47.8 Å². The Morgan fingerprint density at radius 3 is 2.67 bits per heavy atom. The summed E-state index contributed by atoms with van der Waals surface area (Å²) in [6, 6.07) is 14.5. The molecule has 1 aliphatic heterocycles. The number of benzene rings is 2. The molecule has 1 aliphatic rings. The van der Waals surface area contributed by atoms with Crippen molar-refractivity contribution in [1.82, 2.24) is 20.2 Å². The van der Waals surface area contributed by atoms with Gasteiger partial charge < -0.3 is 19.9 Å². The van der Waals surface area contributed by atoms with E-state index in [9.17, 15) is 0 Å². The number of aromatic nitrogens is 2.